The molecule has 2 rings (SSSR count). The number of hydrogen-bond donors (Lipinski definition) is 1. The minimum atomic E-state index is -0.135. The quantitative estimate of drug-likeness (QED) is 0.822. The highest BCUT2D eigenvalue weighted by atomic mass is 16.5. The first-order valence-corrected chi connectivity index (χ1v) is 8.04. The Morgan fingerprint density at radius 2 is 1.95 bits per heavy atom. The van der Waals surface area contributed by atoms with Crippen molar-refractivity contribution in [2.24, 2.45) is 0 Å². The summed E-state index contributed by atoms with van der Waals surface area (Å²) in [5, 5.41) is 3.60. The number of nitrogens with one attached hydrogen (secondary N) is 1. The van der Waals surface area contributed by atoms with E-state index in [2.05, 4.69) is 51.2 Å². The van der Waals surface area contributed by atoms with Gasteiger partial charge in [0.25, 0.3) is 0 Å². The predicted molar refractivity (Wildman–Crippen MR) is 85.3 cm³/mol. The van der Waals surface area contributed by atoms with Crippen LogP contribution in [-0.4, -0.2) is 24.8 Å². The predicted octanol–water partition coefficient (Wildman–Crippen LogP) is 3.51. The van der Waals surface area contributed by atoms with Gasteiger partial charge in [0.15, 0.2) is 0 Å². The van der Waals surface area contributed by atoms with Crippen LogP contribution < -0.4 is 5.32 Å². The topological polar surface area (TPSA) is 21.3 Å². The van der Waals surface area contributed by atoms with Gasteiger partial charge in [-0.3, -0.25) is 0 Å². The van der Waals surface area contributed by atoms with Gasteiger partial charge < -0.3 is 10.1 Å². The summed E-state index contributed by atoms with van der Waals surface area (Å²) in [5.41, 5.74) is 4.42. The molecule has 0 saturated carbocycles. The van der Waals surface area contributed by atoms with Gasteiger partial charge in [-0.2, -0.15) is 0 Å². The first-order valence-electron chi connectivity index (χ1n) is 8.04. The van der Waals surface area contributed by atoms with Crippen molar-refractivity contribution < 1.29 is 4.74 Å². The first-order chi connectivity index (χ1) is 9.56. The number of hydrogen-bond acceptors (Lipinski definition) is 2. The fourth-order valence-electron chi connectivity index (χ4n) is 3.27. The van der Waals surface area contributed by atoms with E-state index in [1.54, 1.807) is 11.1 Å². The second-order valence-electron chi connectivity index (χ2n) is 6.31. The van der Waals surface area contributed by atoms with Crippen molar-refractivity contribution in [3.05, 3.63) is 34.9 Å². The summed E-state index contributed by atoms with van der Waals surface area (Å²) < 4.78 is 5.95. The Bertz CT molecular complexity index is 439. The van der Waals surface area contributed by atoms with Crippen LogP contribution in [0.4, 0.5) is 0 Å². The van der Waals surface area contributed by atoms with Crippen molar-refractivity contribution in [2.45, 2.75) is 65.0 Å². The van der Waals surface area contributed by atoms with Crippen LogP contribution in [0, 0.1) is 0 Å². The van der Waals surface area contributed by atoms with E-state index in [4.69, 9.17) is 4.74 Å². The van der Waals surface area contributed by atoms with E-state index >= 15 is 0 Å². The molecule has 1 aliphatic carbocycles. The first kappa shape index (κ1) is 15.5. The fraction of sp³-hybridized carbons (Fsp3) is 0.667. The van der Waals surface area contributed by atoms with Gasteiger partial charge in [0.1, 0.15) is 0 Å². The average Bonchev–Trinajstić information content (AvgIpc) is 2.85. The van der Waals surface area contributed by atoms with E-state index in [0.29, 0.717) is 6.04 Å². The smallest absolute Gasteiger partial charge is 0.0781 e. The van der Waals surface area contributed by atoms with Crippen LogP contribution in [0.1, 0.15) is 50.8 Å². The minimum absolute atomic E-state index is 0.135. The molecule has 1 atom stereocenters. The van der Waals surface area contributed by atoms with E-state index in [9.17, 15) is 0 Å². The lowest BCUT2D eigenvalue weighted by Gasteiger charge is -2.35. The van der Waals surface area contributed by atoms with Crippen LogP contribution in [0.2, 0.25) is 0 Å². The summed E-state index contributed by atoms with van der Waals surface area (Å²) in [7, 11) is 0. The SMILES string of the molecule is CCNC(Cc1ccc2c(c1)CCC2)C(C)(C)OCC. The Balaban J connectivity index is 2.11. The number of aryl methyl sites for hydroxylation is 2. The van der Waals surface area contributed by atoms with E-state index in [1.807, 2.05) is 0 Å². The highest BCUT2D eigenvalue weighted by Gasteiger charge is 2.29. The largest absolute Gasteiger partial charge is 0.374 e. The molecule has 0 fully saturated rings. The molecule has 0 aliphatic heterocycles. The molecule has 0 spiro atoms. The minimum Gasteiger partial charge on any atom is -0.374 e. The van der Waals surface area contributed by atoms with Crippen molar-refractivity contribution in [3.63, 3.8) is 0 Å². The van der Waals surface area contributed by atoms with Gasteiger partial charge in [-0.05, 0) is 69.7 Å². The molecule has 1 aromatic rings. The zero-order chi connectivity index (χ0) is 14.6. The zero-order valence-corrected chi connectivity index (χ0v) is 13.5. The van der Waals surface area contributed by atoms with Crippen molar-refractivity contribution >= 4 is 0 Å². The van der Waals surface area contributed by atoms with Crippen LogP contribution in [0.3, 0.4) is 0 Å². The lowest BCUT2D eigenvalue weighted by atomic mass is 9.91. The van der Waals surface area contributed by atoms with Crippen molar-refractivity contribution in [2.75, 3.05) is 13.2 Å². The second-order valence-corrected chi connectivity index (χ2v) is 6.31. The van der Waals surface area contributed by atoms with Gasteiger partial charge in [0.2, 0.25) is 0 Å². The summed E-state index contributed by atoms with van der Waals surface area (Å²) in [5.74, 6) is 0. The van der Waals surface area contributed by atoms with Gasteiger partial charge in [-0.25, -0.2) is 0 Å². The van der Waals surface area contributed by atoms with Gasteiger partial charge >= 0.3 is 0 Å². The van der Waals surface area contributed by atoms with Crippen molar-refractivity contribution in [1.82, 2.24) is 5.32 Å². The van der Waals surface area contributed by atoms with Crippen molar-refractivity contribution in [1.29, 1.82) is 0 Å². The molecular formula is C18H29NO. The molecule has 1 aromatic carbocycles. The third kappa shape index (κ3) is 3.62. The number of benzene rings is 1. The molecule has 2 heteroatoms. The van der Waals surface area contributed by atoms with E-state index < -0.39 is 0 Å². The van der Waals surface area contributed by atoms with E-state index in [-0.39, 0.29) is 5.60 Å². The number of fused-ring (bicyclic) bond motifs is 1. The van der Waals surface area contributed by atoms with Gasteiger partial charge in [-0.15, -0.1) is 0 Å². The van der Waals surface area contributed by atoms with Gasteiger partial charge in [-0.1, -0.05) is 25.1 Å². The maximum Gasteiger partial charge on any atom is 0.0781 e. The molecule has 0 amide bonds. The molecule has 0 saturated heterocycles. The third-order valence-corrected chi connectivity index (χ3v) is 4.41. The number of ether oxygens (including phenoxy) is 1. The number of rotatable bonds is 7. The highest BCUT2D eigenvalue weighted by molar-refractivity contribution is 5.35. The molecule has 0 bridgehead atoms. The van der Waals surface area contributed by atoms with E-state index in [0.717, 1.165) is 19.6 Å². The maximum atomic E-state index is 5.95. The van der Waals surface area contributed by atoms with Gasteiger partial charge in [0.05, 0.1) is 5.60 Å². The Hall–Kier alpha value is -0.860. The maximum absolute atomic E-state index is 5.95. The van der Waals surface area contributed by atoms with Crippen LogP contribution in [-0.2, 0) is 24.0 Å². The lowest BCUT2D eigenvalue weighted by molar-refractivity contribution is -0.0376. The molecule has 0 aromatic heterocycles. The van der Waals surface area contributed by atoms with Crippen LogP contribution in [0.25, 0.3) is 0 Å². The van der Waals surface area contributed by atoms with E-state index in [1.165, 1.54) is 24.8 Å². The Morgan fingerprint density at radius 3 is 2.65 bits per heavy atom. The monoisotopic (exact) mass is 275 g/mol. The molecule has 0 radical (unpaired) electrons. The molecule has 1 aliphatic rings. The highest BCUT2D eigenvalue weighted by Crippen LogP contribution is 2.25. The summed E-state index contributed by atoms with van der Waals surface area (Å²) in [6.07, 6.45) is 4.87. The summed E-state index contributed by atoms with van der Waals surface area (Å²) >= 11 is 0. The molecule has 112 valence electrons. The average molecular weight is 275 g/mol. The second kappa shape index (κ2) is 6.73. The molecule has 2 nitrogen and oxygen atoms in total. The molecule has 0 heterocycles. The van der Waals surface area contributed by atoms with Gasteiger partial charge in [0, 0.05) is 12.6 Å². The Labute approximate surface area is 123 Å². The number of likely N-dealkylation sites (N-methyl/N-ethyl adjacent to an activating group) is 1. The Morgan fingerprint density at radius 1 is 1.20 bits per heavy atom. The lowest BCUT2D eigenvalue weighted by Crippen LogP contribution is -2.50. The standard InChI is InChI=1S/C18H29NO/c1-5-19-17(18(3,4)20-6-2)13-14-10-11-15-8-7-9-16(15)12-14/h10-12,17,19H,5-9,13H2,1-4H3. The van der Waals surface area contributed by atoms with Crippen molar-refractivity contribution in [3.8, 4) is 0 Å². The van der Waals surface area contributed by atoms with Crippen LogP contribution >= 0.6 is 0 Å². The summed E-state index contributed by atoms with van der Waals surface area (Å²) in [6, 6.07) is 7.39. The molecular weight excluding hydrogens is 246 g/mol. The Kier molecular flexibility index (Phi) is 5.22. The summed E-state index contributed by atoms with van der Waals surface area (Å²) in [4.78, 5) is 0. The fourth-order valence-corrected chi connectivity index (χ4v) is 3.27. The summed E-state index contributed by atoms with van der Waals surface area (Å²) in [6.45, 7) is 10.4. The molecule has 1 unspecified atom stereocenters. The normalized spacial score (nSPS) is 16.2. The zero-order valence-electron chi connectivity index (χ0n) is 13.5. The van der Waals surface area contributed by atoms with Crippen LogP contribution in [0.15, 0.2) is 18.2 Å². The van der Waals surface area contributed by atoms with Crippen LogP contribution in [0.5, 0.6) is 0 Å². The molecule has 20 heavy (non-hydrogen) atoms. The third-order valence-electron chi connectivity index (χ3n) is 4.41. The molecule has 1 N–H and O–H groups in total.